The van der Waals surface area contributed by atoms with Crippen LogP contribution in [0.4, 0.5) is 5.69 Å². The lowest BCUT2D eigenvalue weighted by Crippen LogP contribution is -2.08. The predicted octanol–water partition coefficient (Wildman–Crippen LogP) is 2.35. The molecule has 0 aliphatic rings. The van der Waals surface area contributed by atoms with Crippen molar-refractivity contribution in [3.63, 3.8) is 0 Å². The standard InChI is InChI=1S/C9H11NOS2/c1-10(2)7-4-3-5-8(6-7)11-9(12)13/h3-6H,1-2H3,(H,12,13). The summed E-state index contributed by atoms with van der Waals surface area (Å²) < 4.78 is 5.41. The Morgan fingerprint density at radius 3 is 2.69 bits per heavy atom. The van der Waals surface area contributed by atoms with Crippen LogP contribution in [0.5, 0.6) is 5.75 Å². The zero-order valence-electron chi connectivity index (χ0n) is 7.52. The van der Waals surface area contributed by atoms with Crippen LogP contribution in [0.15, 0.2) is 24.3 Å². The highest BCUT2D eigenvalue weighted by atomic mass is 32.1. The summed E-state index contributed by atoms with van der Waals surface area (Å²) in [5, 5.41) is 0. The molecule has 0 N–H and O–H groups in total. The van der Waals surface area contributed by atoms with Gasteiger partial charge in [-0.2, -0.15) is 0 Å². The normalized spacial score (nSPS) is 9.46. The third-order valence-corrected chi connectivity index (χ3v) is 1.71. The smallest absolute Gasteiger partial charge is 0.222 e. The minimum atomic E-state index is 0.232. The Hall–Kier alpha value is -0.740. The Morgan fingerprint density at radius 2 is 2.15 bits per heavy atom. The largest absolute Gasteiger partial charge is 0.440 e. The number of thiol groups is 1. The second-order valence-corrected chi connectivity index (χ2v) is 3.84. The van der Waals surface area contributed by atoms with Crippen LogP contribution in [0.25, 0.3) is 0 Å². The maximum Gasteiger partial charge on any atom is 0.222 e. The van der Waals surface area contributed by atoms with E-state index in [2.05, 4.69) is 12.6 Å². The van der Waals surface area contributed by atoms with Gasteiger partial charge in [0.25, 0.3) is 0 Å². The molecule has 0 aliphatic carbocycles. The van der Waals surface area contributed by atoms with E-state index in [0.717, 1.165) is 5.69 Å². The van der Waals surface area contributed by atoms with Crippen LogP contribution >= 0.6 is 24.8 Å². The first-order valence-electron chi connectivity index (χ1n) is 3.78. The Morgan fingerprint density at radius 1 is 1.46 bits per heavy atom. The molecule has 0 saturated carbocycles. The summed E-state index contributed by atoms with van der Waals surface area (Å²) in [6.07, 6.45) is 0. The molecule has 2 nitrogen and oxygen atoms in total. The van der Waals surface area contributed by atoms with Crippen LogP contribution in [-0.2, 0) is 0 Å². The minimum absolute atomic E-state index is 0.232. The highest BCUT2D eigenvalue weighted by Crippen LogP contribution is 2.19. The molecule has 1 aromatic carbocycles. The van der Waals surface area contributed by atoms with Crippen LogP contribution in [0.2, 0.25) is 0 Å². The van der Waals surface area contributed by atoms with E-state index in [1.807, 2.05) is 43.3 Å². The average molecular weight is 213 g/mol. The van der Waals surface area contributed by atoms with Crippen LogP contribution in [0.1, 0.15) is 0 Å². The Bertz CT molecular complexity index is 312. The summed E-state index contributed by atoms with van der Waals surface area (Å²) in [5.74, 6) is 0.714. The van der Waals surface area contributed by atoms with Crippen LogP contribution < -0.4 is 9.64 Å². The molecular weight excluding hydrogens is 202 g/mol. The summed E-state index contributed by atoms with van der Waals surface area (Å²) in [6.45, 7) is 0. The van der Waals surface area contributed by atoms with Gasteiger partial charge in [0.2, 0.25) is 4.38 Å². The van der Waals surface area contributed by atoms with E-state index < -0.39 is 0 Å². The van der Waals surface area contributed by atoms with E-state index in [1.54, 1.807) is 0 Å². The zero-order chi connectivity index (χ0) is 9.84. The van der Waals surface area contributed by atoms with Crippen molar-refractivity contribution in [2.45, 2.75) is 0 Å². The number of nitrogens with zero attached hydrogens (tertiary/aromatic N) is 1. The number of hydrogen-bond acceptors (Lipinski definition) is 3. The first-order valence-corrected chi connectivity index (χ1v) is 4.63. The monoisotopic (exact) mass is 213 g/mol. The van der Waals surface area contributed by atoms with E-state index in [9.17, 15) is 0 Å². The van der Waals surface area contributed by atoms with Gasteiger partial charge in [-0.3, -0.25) is 0 Å². The molecule has 0 radical (unpaired) electrons. The number of benzene rings is 1. The molecule has 0 fully saturated rings. The molecule has 0 bridgehead atoms. The van der Waals surface area contributed by atoms with Gasteiger partial charge in [-0.25, -0.2) is 0 Å². The SMILES string of the molecule is CN(C)c1cccc(OC(=S)S)c1. The van der Waals surface area contributed by atoms with Crippen molar-refractivity contribution in [2.24, 2.45) is 0 Å². The third kappa shape index (κ3) is 3.24. The fourth-order valence-electron chi connectivity index (χ4n) is 0.926. The fourth-order valence-corrected chi connectivity index (χ4v) is 1.13. The van der Waals surface area contributed by atoms with E-state index in [1.165, 1.54) is 0 Å². The average Bonchev–Trinajstić information content (AvgIpc) is 2.03. The van der Waals surface area contributed by atoms with Gasteiger partial charge in [0.15, 0.2) is 0 Å². The van der Waals surface area contributed by atoms with Gasteiger partial charge in [0.1, 0.15) is 5.75 Å². The van der Waals surface area contributed by atoms with Crippen molar-refractivity contribution in [1.29, 1.82) is 0 Å². The first kappa shape index (κ1) is 10.3. The molecule has 0 amide bonds. The van der Waals surface area contributed by atoms with Gasteiger partial charge in [0, 0.05) is 25.8 Å². The zero-order valence-corrected chi connectivity index (χ0v) is 9.23. The number of thiocarbonyl (C=S) groups is 1. The molecule has 0 atom stereocenters. The van der Waals surface area contributed by atoms with Crippen molar-refractivity contribution in [2.75, 3.05) is 19.0 Å². The summed E-state index contributed by atoms with van der Waals surface area (Å²) in [4.78, 5) is 1.99. The number of hydrogen-bond donors (Lipinski definition) is 1. The van der Waals surface area contributed by atoms with Gasteiger partial charge in [-0.05, 0) is 24.4 Å². The number of anilines is 1. The van der Waals surface area contributed by atoms with Crippen LogP contribution in [0, 0.1) is 0 Å². The van der Waals surface area contributed by atoms with E-state index >= 15 is 0 Å². The van der Waals surface area contributed by atoms with Crippen molar-refractivity contribution in [1.82, 2.24) is 0 Å². The van der Waals surface area contributed by atoms with Crippen molar-refractivity contribution >= 4 is 34.9 Å². The number of ether oxygens (including phenoxy) is 1. The quantitative estimate of drug-likeness (QED) is 0.598. The van der Waals surface area contributed by atoms with Gasteiger partial charge in [-0.1, -0.05) is 18.7 Å². The Balaban J connectivity index is 2.85. The first-order chi connectivity index (χ1) is 6.09. The minimum Gasteiger partial charge on any atom is -0.440 e. The second-order valence-electron chi connectivity index (χ2n) is 2.76. The lowest BCUT2D eigenvalue weighted by molar-refractivity contribution is 0.580. The van der Waals surface area contributed by atoms with E-state index in [0.29, 0.717) is 5.75 Å². The highest BCUT2D eigenvalue weighted by molar-refractivity contribution is 8.10. The lowest BCUT2D eigenvalue weighted by Gasteiger charge is -2.13. The van der Waals surface area contributed by atoms with E-state index in [4.69, 9.17) is 17.0 Å². The summed E-state index contributed by atoms with van der Waals surface area (Å²) in [6, 6.07) is 7.66. The van der Waals surface area contributed by atoms with Crippen molar-refractivity contribution in [3.8, 4) is 5.75 Å². The second kappa shape index (κ2) is 4.48. The molecule has 0 heterocycles. The maximum absolute atomic E-state index is 5.17. The predicted molar refractivity (Wildman–Crippen MR) is 63.0 cm³/mol. The molecule has 0 saturated heterocycles. The molecule has 4 heteroatoms. The Kier molecular flexibility index (Phi) is 3.57. The molecule has 0 spiro atoms. The maximum atomic E-state index is 5.17. The molecule has 1 aromatic rings. The molecule has 0 aromatic heterocycles. The van der Waals surface area contributed by atoms with Crippen LogP contribution in [0.3, 0.4) is 0 Å². The van der Waals surface area contributed by atoms with Crippen LogP contribution in [-0.4, -0.2) is 18.5 Å². The summed E-state index contributed by atoms with van der Waals surface area (Å²) in [5.41, 5.74) is 1.07. The van der Waals surface area contributed by atoms with Gasteiger partial charge >= 0.3 is 0 Å². The summed E-state index contributed by atoms with van der Waals surface area (Å²) in [7, 11) is 3.94. The van der Waals surface area contributed by atoms with Crippen molar-refractivity contribution < 1.29 is 4.74 Å². The molecular formula is C9H11NOS2. The fraction of sp³-hybridized carbons (Fsp3) is 0.222. The number of rotatable bonds is 2. The topological polar surface area (TPSA) is 12.5 Å². The molecule has 0 unspecified atom stereocenters. The molecule has 0 aliphatic heterocycles. The molecule has 13 heavy (non-hydrogen) atoms. The van der Waals surface area contributed by atoms with E-state index in [-0.39, 0.29) is 4.38 Å². The summed E-state index contributed by atoms with van der Waals surface area (Å²) >= 11 is 8.61. The van der Waals surface area contributed by atoms with Gasteiger partial charge < -0.3 is 9.64 Å². The highest BCUT2D eigenvalue weighted by Gasteiger charge is 1.98. The lowest BCUT2D eigenvalue weighted by atomic mass is 10.3. The van der Waals surface area contributed by atoms with Crippen molar-refractivity contribution in [3.05, 3.63) is 24.3 Å². The molecule has 1 rings (SSSR count). The third-order valence-electron chi connectivity index (χ3n) is 1.54. The van der Waals surface area contributed by atoms with Gasteiger partial charge in [-0.15, -0.1) is 0 Å². The van der Waals surface area contributed by atoms with Gasteiger partial charge in [0.05, 0.1) is 0 Å². The molecule has 70 valence electrons. The Labute approximate surface area is 88.9 Å².